The van der Waals surface area contributed by atoms with Gasteiger partial charge in [0.1, 0.15) is 5.82 Å². The van der Waals surface area contributed by atoms with Crippen molar-refractivity contribution in [3.63, 3.8) is 0 Å². The summed E-state index contributed by atoms with van der Waals surface area (Å²) < 4.78 is 13.7. The number of halogens is 3. The molecular weight excluding hydrogens is 286 g/mol. The van der Waals surface area contributed by atoms with E-state index in [1.54, 1.807) is 6.07 Å². The van der Waals surface area contributed by atoms with E-state index in [9.17, 15) is 4.39 Å². The predicted molar refractivity (Wildman–Crippen MR) is 78.7 cm³/mol. The first kappa shape index (κ1) is 15.0. The summed E-state index contributed by atoms with van der Waals surface area (Å²) in [5.41, 5.74) is 0.584. The first-order chi connectivity index (χ1) is 9.06. The van der Waals surface area contributed by atoms with E-state index in [0.717, 1.165) is 39.1 Å². The van der Waals surface area contributed by atoms with Crippen molar-refractivity contribution in [1.82, 2.24) is 9.80 Å². The first-order valence-corrected chi connectivity index (χ1v) is 7.36. The monoisotopic (exact) mass is 304 g/mol. The maximum atomic E-state index is 13.7. The van der Waals surface area contributed by atoms with E-state index in [2.05, 4.69) is 16.8 Å². The molecule has 0 spiro atoms. The summed E-state index contributed by atoms with van der Waals surface area (Å²) in [7, 11) is 2.14. The molecule has 0 amide bonds. The Balaban J connectivity index is 1.83. The van der Waals surface area contributed by atoms with Gasteiger partial charge < -0.3 is 9.80 Å². The zero-order valence-corrected chi connectivity index (χ0v) is 12.6. The van der Waals surface area contributed by atoms with E-state index < -0.39 is 0 Å². The number of piperazine rings is 1. The van der Waals surface area contributed by atoms with Crippen LogP contribution in [0.1, 0.15) is 12.0 Å². The molecule has 0 unspecified atom stereocenters. The second-order valence-corrected chi connectivity index (χ2v) is 5.94. The standard InChI is InChI=1S/C14H19Cl2FN2/c1-18-5-7-19(8-6-18)4-2-3-12-13(16)9-11(15)10-14(12)17/h9-10H,2-8H2,1H3. The van der Waals surface area contributed by atoms with Crippen molar-refractivity contribution in [3.05, 3.63) is 33.6 Å². The maximum Gasteiger partial charge on any atom is 0.129 e. The van der Waals surface area contributed by atoms with Gasteiger partial charge in [0.2, 0.25) is 0 Å². The van der Waals surface area contributed by atoms with E-state index in [0.29, 0.717) is 22.0 Å². The minimum Gasteiger partial charge on any atom is -0.304 e. The molecule has 1 fully saturated rings. The minimum absolute atomic E-state index is 0.295. The fraction of sp³-hybridized carbons (Fsp3) is 0.571. The van der Waals surface area contributed by atoms with Crippen LogP contribution in [0.3, 0.4) is 0 Å². The lowest BCUT2D eigenvalue weighted by Gasteiger charge is -2.32. The summed E-state index contributed by atoms with van der Waals surface area (Å²) in [5.74, 6) is -0.295. The lowest BCUT2D eigenvalue weighted by Crippen LogP contribution is -2.44. The largest absolute Gasteiger partial charge is 0.304 e. The molecular formula is C14H19Cl2FN2. The van der Waals surface area contributed by atoms with Crippen LogP contribution in [0, 0.1) is 5.82 Å². The Labute approximate surface area is 124 Å². The van der Waals surface area contributed by atoms with E-state index in [1.807, 2.05) is 0 Å². The van der Waals surface area contributed by atoms with Crippen molar-refractivity contribution >= 4 is 23.2 Å². The Morgan fingerprint density at radius 3 is 2.47 bits per heavy atom. The van der Waals surface area contributed by atoms with Crippen molar-refractivity contribution in [2.75, 3.05) is 39.8 Å². The van der Waals surface area contributed by atoms with Gasteiger partial charge in [0.15, 0.2) is 0 Å². The van der Waals surface area contributed by atoms with Crippen molar-refractivity contribution < 1.29 is 4.39 Å². The van der Waals surface area contributed by atoms with Gasteiger partial charge in [0.05, 0.1) is 0 Å². The molecule has 1 aromatic carbocycles. The van der Waals surface area contributed by atoms with Crippen LogP contribution in [0.4, 0.5) is 4.39 Å². The molecule has 0 bridgehead atoms. The summed E-state index contributed by atoms with van der Waals surface area (Å²) in [6.07, 6.45) is 1.58. The summed E-state index contributed by atoms with van der Waals surface area (Å²) in [6.45, 7) is 5.39. The molecule has 1 heterocycles. The number of benzene rings is 1. The summed E-state index contributed by atoms with van der Waals surface area (Å²) in [6, 6.07) is 2.94. The molecule has 0 aromatic heterocycles. The van der Waals surface area contributed by atoms with Crippen LogP contribution in [0.25, 0.3) is 0 Å². The van der Waals surface area contributed by atoms with Gasteiger partial charge in [-0.15, -0.1) is 0 Å². The van der Waals surface area contributed by atoms with Crippen LogP contribution in [-0.4, -0.2) is 49.6 Å². The van der Waals surface area contributed by atoms with Gasteiger partial charge in [-0.25, -0.2) is 4.39 Å². The molecule has 2 rings (SSSR count). The van der Waals surface area contributed by atoms with Crippen molar-refractivity contribution in [3.8, 4) is 0 Å². The van der Waals surface area contributed by atoms with Gasteiger partial charge in [-0.2, -0.15) is 0 Å². The lowest BCUT2D eigenvalue weighted by atomic mass is 10.1. The average Bonchev–Trinajstić information content (AvgIpc) is 2.34. The highest BCUT2D eigenvalue weighted by molar-refractivity contribution is 6.35. The van der Waals surface area contributed by atoms with Crippen LogP contribution in [-0.2, 0) is 6.42 Å². The zero-order valence-electron chi connectivity index (χ0n) is 11.1. The molecule has 2 nitrogen and oxygen atoms in total. The van der Waals surface area contributed by atoms with Gasteiger partial charge in [-0.05, 0) is 38.6 Å². The fourth-order valence-electron chi connectivity index (χ4n) is 2.36. The average molecular weight is 305 g/mol. The predicted octanol–water partition coefficient (Wildman–Crippen LogP) is 3.31. The molecule has 1 aliphatic rings. The summed E-state index contributed by atoms with van der Waals surface area (Å²) >= 11 is 11.8. The highest BCUT2D eigenvalue weighted by Gasteiger charge is 2.14. The molecule has 5 heteroatoms. The molecule has 19 heavy (non-hydrogen) atoms. The van der Waals surface area contributed by atoms with Crippen LogP contribution in [0.2, 0.25) is 10.0 Å². The normalized spacial score (nSPS) is 17.9. The van der Waals surface area contributed by atoms with Gasteiger partial charge in [0, 0.05) is 41.8 Å². The molecule has 0 aliphatic carbocycles. The van der Waals surface area contributed by atoms with Crippen LogP contribution in [0.5, 0.6) is 0 Å². The third kappa shape index (κ3) is 4.32. The molecule has 1 saturated heterocycles. The Morgan fingerprint density at radius 2 is 1.84 bits per heavy atom. The van der Waals surface area contributed by atoms with E-state index >= 15 is 0 Å². The van der Waals surface area contributed by atoms with Crippen molar-refractivity contribution in [2.24, 2.45) is 0 Å². The second-order valence-electron chi connectivity index (χ2n) is 5.10. The van der Waals surface area contributed by atoms with Gasteiger partial charge in [-0.3, -0.25) is 0 Å². The number of nitrogens with zero attached hydrogens (tertiary/aromatic N) is 2. The Kier molecular flexibility index (Phi) is 5.46. The van der Waals surface area contributed by atoms with Crippen LogP contribution >= 0.6 is 23.2 Å². The minimum atomic E-state index is -0.295. The SMILES string of the molecule is CN1CCN(CCCc2c(F)cc(Cl)cc2Cl)CC1. The van der Waals surface area contributed by atoms with E-state index in [-0.39, 0.29) is 5.82 Å². The number of hydrogen-bond acceptors (Lipinski definition) is 2. The van der Waals surface area contributed by atoms with Crippen LogP contribution < -0.4 is 0 Å². The van der Waals surface area contributed by atoms with Gasteiger partial charge >= 0.3 is 0 Å². The highest BCUT2D eigenvalue weighted by Crippen LogP contribution is 2.25. The number of likely N-dealkylation sites (N-methyl/N-ethyl adjacent to an activating group) is 1. The maximum absolute atomic E-state index is 13.7. The smallest absolute Gasteiger partial charge is 0.129 e. The topological polar surface area (TPSA) is 6.48 Å². The summed E-state index contributed by atoms with van der Waals surface area (Å²) in [4.78, 5) is 4.74. The number of rotatable bonds is 4. The quantitative estimate of drug-likeness (QED) is 0.842. The fourth-order valence-corrected chi connectivity index (χ4v) is 2.92. The van der Waals surface area contributed by atoms with E-state index in [1.165, 1.54) is 6.07 Å². The molecule has 0 atom stereocenters. The molecule has 0 N–H and O–H groups in total. The molecule has 1 aliphatic heterocycles. The Hall–Kier alpha value is -0.350. The third-order valence-electron chi connectivity index (χ3n) is 3.60. The Morgan fingerprint density at radius 1 is 1.16 bits per heavy atom. The van der Waals surface area contributed by atoms with Crippen molar-refractivity contribution in [2.45, 2.75) is 12.8 Å². The first-order valence-electron chi connectivity index (χ1n) is 6.60. The van der Waals surface area contributed by atoms with Gasteiger partial charge in [0.25, 0.3) is 0 Å². The van der Waals surface area contributed by atoms with Crippen LogP contribution in [0.15, 0.2) is 12.1 Å². The van der Waals surface area contributed by atoms with E-state index in [4.69, 9.17) is 23.2 Å². The zero-order chi connectivity index (χ0) is 13.8. The van der Waals surface area contributed by atoms with Crippen molar-refractivity contribution in [1.29, 1.82) is 0 Å². The third-order valence-corrected chi connectivity index (χ3v) is 4.16. The highest BCUT2D eigenvalue weighted by atomic mass is 35.5. The molecule has 1 aromatic rings. The molecule has 0 saturated carbocycles. The summed E-state index contributed by atoms with van der Waals surface area (Å²) in [5, 5.41) is 0.786. The van der Waals surface area contributed by atoms with Gasteiger partial charge in [-0.1, -0.05) is 23.2 Å². The Bertz CT molecular complexity index is 408. The number of hydrogen-bond donors (Lipinski definition) is 0. The lowest BCUT2D eigenvalue weighted by molar-refractivity contribution is 0.153. The second kappa shape index (κ2) is 6.89. The molecule has 0 radical (unpaired) electrons. The molecule has 106 valence electrons.